The summed E-state index contributed by atoms with van der Waals surface area (Å²) in [5.41, 5.74) is 1.46. The average molecular weight is 442 g/mol. The van der Waals surface area contributed by atoms with E-state index in [0.29, 0.717) is 0 Å². The second-order valence-corrected chi connectivity index (χ2v) is 7.56. The zero-order valence-corrected chi connectivity index (χ0v) is 16.8. The number of aliphatic imine (C=N–C) groups is 1. The summed E-state index contributed by atoms with van der Waals surface area (Å²) in [7, 11) is 0. The molecule has 1 amide bonds. The SMILES string of the molecule is Cc1cc(F)cnc1C(=O)Nc1ccc(F)c(C2(C)COC(C)(C(F)(F)F)C(N)=N2)c1. The van der Waals surface area contributed by atoms with Gasteiger partial charge in [0.2, 0.25) is 5.60 Å². The highest BCUT2D eigenvalue weighted by Gasteiger charge is 2.59. The molecular formula is C20H19F5N4O2. The maximum Gasteiger partial charge on any atom is 0.424 e. The number of anilines is 1. The third-order valence-electron chi connectivity index (χ3n) is 5.10. The van der Waals surface area contributed by atoms with Crippen LogP contribution in [0.3, 0.4) is 0 Å². The van der Waals surface area contributed by atoms with Crippen molar-refractivity contribution in [3.8, 4) is 0 Å². The van der Waals surface area contributed by atoms with Crippen LogP contribution < -0.4 is 11.1 Å². The van der Waals surface area contributed by atoms with Gasteiger partial charge in [0.1, 0.15) is 28.7 Å². The van der Waals surface area contributed by atoms with Crippen LogP contribution in [0.2, 0.25) is 0 Å². The molecule has 2 unspecified atom stereocenters. The van der Waals surface area contributed by atoms with Crippen molar-refractivity contribution < 1.29 is 31.5 Å². The Balaban J connectivity index is 1.94. The molecule has 11 heteroatoms. The van der Waals surface area contributed by atoms with Crippen LogP contribution in [0.1, 0.15) is 35.5 Å². The van der Waals surface area contributed by atoms with Crippen molar-refractivity contribution in [2.45, 2.75) is 38.1 Å². The number of amidine groups is 1. The van der Waals surface area contributed by atoms with Gasteiger partial charge in [-0.25, -0.2) is 13.8 Å². The van der Waals surface area contributed by atoms with E-state index >= 15 is 0 Å². The molecule has 1 aromatic carbocycles. The van der Waals surface area contributed by atoms with Gasteiger partial charge in [-0.3, -0.25) is 9.79 Å². The molecule has 0 saturated carbocycles. The van der Waals surface area contributed by atoms with Crippen LogP contribution in [-0.2, 0) is 10.3 Å². The van der Waals surface area contributed by atoms with Crippen molar-refractivity contribution in [1.82, 2.24) is 4.98 Å². The number of pyridine rings is 1. The summed E-state index contributed by atoms with van der Waals surface area (Å²) in [4.78, 5) is 20.1. The van der Waals surface area contributed by atoms with Crippen LogP contribution in [0, 0.1) is 18.6 Å². The van der Waals surface area contributed by atoms with Crippen LogP contribution in [0.4, 0.5) is 27.6 Å². The van der Waals surface area contributed by atoms with Crippen molar-refractivity contribution in [1.29, 1.82) is 0 Å². The summed E-state index contributed by atoms with van der Waals surface area (Å²) < 4.78 is 72.7. The maximum absolute atomic E-state index is 14.6. The standard InChI is InChI=1S/C20H19F5N4O2/c1-10-6-11(21)8-27-15(10)16(30)28-12-4-5-14(22)13(7-12)18(2)9-31-19(3,17(26)29-18)20(23,24)25/h4-8H,9H2,1-3H3,(H2,26,29)(H,28,30). The van der Waals surface area contributed by atoms with Gasteiger partial charge < -0.3 is 15.8 Å². The molecule has 1 aliphatic heterocycles. The smallest absolute Gasteiger partial charge is 0.385 e. The first-order valence-electron chi connectivity index (χ1n) is 9.07. The van der Waals surface area contributed by atoms with E-state index in [-0.39, 0.29) is 22.5 Å². The molecule has 0 saturated heterocycles. The molecule has 2 heterocycles. The molecule has 1 aliphatic rings. The van der Waals surface area contributed by atoms with Gasteiger partial charge in [0.15, 0.2) is 0 Å². The third kappa shape index (κ3) is 4.09. The summed E-state index contributed by atoms with van der Waals surface area (Å²) in [5, 5.41) is 2.50. The lowest BCUT2D eigenvalue weighted by Crippen LogP contribution is -2.60. The third-order valence-corrected chi connectivity index (χ3v) is 5.10. The second kappa shape index (κ2) is 7.56. The molecule has 6 nitrogen and oxygen atoms in total. The van der Waals surface area contributed by atoms with E-state index in [1.807, 2.05) is 0 Å². The Hall–Kier alpha value is -3.08. The Morgan fingerprint density at radius 1 is 1.23 bits per heavy atom. The van der Waals surface area contributed by atoms with Crippen LogP contribution >= 0.6 is 0 Å². The average Bonchev–Trinajstić information content (AvgIpc) is 2.65. The second-order valence-electron chi connectivity index (χ2n) is 7.56. The van der Waals surface area contributed by atoms with Gasteiger partial charge in [0.25, 0.3) is 5.91 Å². The molecule has 0 bridgehead atoms. The fourth-order valence-electron chi connectivity index (χ4n) is 3.11. The number of hydrogen-bond acceptors (Lipinski definition) is 5. The van der Waals surface area contributed by atoms with Gasteiger partial charge in [-0.05, 0) is 50.6 Å². The number of aromatic nitrogens is 1. The van der Waals surface area contributed by atoms with Crippen LogP contribution in [0.15, 0.2) is 35.5 Å². The van der Waals surface area contributed by atoms with E-state index in [1.165, 1.54) is 26.0 Å². The topological polar surface area (TPSA) is 89.6 Å². The number of alkyl halides is 3. The summed E-state index contributed by atoms with van der Waals surface area (Å²) in [6.45, 7) is 3.01. The fourth-order valence-corrected chi connectivity index (χ4v) is 3.11. The monoisotopic (exact) mass is 442 g/mol. The number of nitrogens with one attached hydrogen (secondary N) is 1. The molecule has 0 aliphatic carbocycles. The number of carbonyl (C=O) groups is 1. The molecule has 0 radical (unpaired) electrons. The van der Waals surface area contributed by atoms with Crippen molar-refractivity contribution in [2.24, 2.45) is 10.7 Å². The summed E-state index contributed by atoms with van der Waals surface area (Å²) >= 11 is 0. The van der Waals surface area contributed by atoms with Crippen molar-refractivity contribution in [3.63, 3.8) is 0 Å². The predicted molar refractivity (Wildman–Crippen MR) is 103 cm³/mol. The molecule has 31 heavy (non-hydrogen) atoms. The molecule has 0 fully saturated rings. The number of aryl methyl sites for hydroxylation is 1. The number of nitrogens with zero attached hydrogens (tertiary/aromatic N) is 2. The molecule has 1 aromatic heterocycles. The maximum atomic E-state index is 14.6. The number of rotatable bonds is 3. The van der Waals surface area contributed by atoms with Crippen molar-refractivity contribution in [2.75, 3.05) is 11.9 Å². The normalized spacial score (nSPS) is 23.9. The Kier molecular flexibility index (Phi) is 5.51. The Bertz CT molecular complexity index is 1070. The number of carbonyl (C=O) groups excluding carboxylic acids is 1. The highest BCUT2D eigenvalue weighted by atomic mass is 19.4. The van der Waals surface area contributed by atoms with Gasteiger partial charge >= 0.3 is 6.18 Å². The van der Waals surface area contributed by atoms with E-state index in [1.54, 1.807) is 0 Å². The van der Waals surface area contributed by atoms with Crippen LogP contribution in [0.25, 0.3) is 0 Å². The Morgan fingerprint density at radius 3 is 2.48 bits per heavy atom. The van der Waals surface area contributed by atoms with Gasteiger partial charge in [0.05, 0.1) is 12.8 Å². The van der Waals surface area contributed by atoms with Crippen LogP contribution in [0.5, 0.6) is 0 Å². The lowest BCUT2D eigenvalue weighted by atomic mass is 9.89. The van der Waals surface area contributed by atoms with E-state index < -0.39 is 47.3 Å². The summed E-state index contributed by atoms with van der Waals surface area (Å²) in [5.74, 6) is -2.89. The lowest BCUT2D eigenvalue weighted by Gasteiger charge is -2.41. The van der Waals surface area contributed by atoms with E-state index in [9.17, 15) is 26.7 Å². The molecular weight excluding hydrogens is 423 g/mol. The van der Waals surface area contributed by atoms with Crippen molar-refractivity contribution in [3.05, 3.63) is 58.9 Å². The minimum Gasteiger partial charge on any atom is -0.385 e. The highest BCUT2D eigenvalue weighted by molar-refractivity contribution is 6.03. The molecule has 3 N–H and O–H groups in total. The fraction of sp³-hybridized carbons (Fsp3) is 0.350. The lowest BCUT2D eigenvalue weighted by molar-refractivity contribution is -0.249. The first-order chi connectivity index (χ1) is 14.3. The highest BCUT2D eigenvalue weighted by Crippen LogP contribution is 2.41. The van der Waals surface area contributed by atoms with E-state index in [0.717, 1.165) is 25.3 Å². The number of benzene rings is 1. The van der Waals surface area contributed by atoms with Crippen molar-refractivity contribution >= 4 is 17.4 Å². The summed E-state index contributed by atoms with van der Waals surface area (Å²) in [6, 6.07) is 4.65. The first-order valence-corrected chi connectivity index (χ1v) is 9.07. The predicted octanol–water partition coefficient (Wildman–Crippen LogP) is 3.84. The quantitative estimate of drug-likeness (QED) is 0.707. The van der Waals surface area contributed by atoms with Gasteiger partial charge in [-0.1, -0.05) is 0 Å². The molecule has 2 aromatic rings. The number of hydrogen-bond donors (Lipinski definition) is 2. The first kappa shape index (κ1) is 22.6. The Morgan fingerprint density at radius 2 is 1.90 bits per heavy atom. The number of halogens is 5. The minimum atomic E-state index is -4.81. The molecule has 166 valence electrons. The molecule has 2 atom stereocenters. The number of nitrogens with two attached hydrogens (primary N) is 1. The molecule has 0 spiro atoms. The van der Waals surface area contributed by atoms with Gasteiger partial charge in [0, 0.05) is 11.3 Å². The van der Waals surface area contributed by atoms with E-state index in [2.05, 4.69) is 15.3 Å². The number of amides is 1. The zero-order valence-electron chi connectivity index (χ0n) is 16.8. The Labute approximate surface area is 174 Å². The number of ether oxygens (including phenoxy) is 1. The minimum absolute atomic E-state index is 0.0392. The van der Waals surface area contributed by atoms with E-state index in [4.69, 9.17) is 10.5 Å². The zero-order chi connectivity index (χ0) is 23.2. The molecule has 3 rings (SSSR count). The van der Waals surface area contributed by atoms with Gasteiger partial charge in [-0.15, -0.1) is 0 Å². The van der Waals surface area contributed by atoms with Gasteiger partial charge in [-0.2, -0.15) is 13.2 Å². The summed E-state index contributed by atoms with van der Waals surface area (Å²) in [6.07, 6.45) is -3.93. The largest absolute Gasteiger partial charge is 0.424 e. The van der Waals surface area contributed by atoms with Crippen LogP contribution in [-0.4, -0.2) is 35.1 Å².